The molecule has 0 aliphatic carbocycles. The molecule has 2 heterocycles. The second-order valence-corrected chi connectivity index (χ2v) is 1.41. The van der Waals surface area contributed by atoms with Crippen molar-refractivity contribution in [3.05, 3.63) is 5.69 Å². The maximum absolute atomic E-state index is 3.66. The predicted octanol–water partition coefficient (Wildman–Crippen LogP) is -0.111. The van der Waals surface area contributed by atoms with E-state index in [9.17, 15) is 0 Å². The van der Waals surface area contributed by atoms with E-state index >= 15 is 0 Å². The van der Waals surface area contributed by atoms with Crippen LogP contribution in [-0.2, 0) is 0 Å². The highest BCUT2D eigenvalue weighted by atomic mass is 15.6. The summed E-state index contributed by atoms with van der Waals surface area (Å²) in [5.74, 6) is 1.06. The molecule has 0 unspecified atom stereocenters. The largest absolute Gasteiger partial charge is 0.200 e. The quantitative estimate of drug-likeness (QED) is 0.443. The topological polar surface area (TPSA) is 30.7 Å². The Hall–Kier alpha value is -0.860. The summed E-state index contributed by atoms with van der Waals surface area (Å²) in [6.45, 7) is 2.00. The van der Waals surface area contributed by atoms with Gasteiger partial charge in [-0.2, -0.15) is 4.68 Å². The van der Waals surface area contributed by atoms with E-state index in [-0.39, 0.29) is 0 Å². The van der Waals surface area contributed by atoms with Gasteiger partial charge >= 0.3 is 0 Å². The average Bonchev–Trinajstić information content (AvgIpc) is 1.63. The Kier molecular flexibility index (Phi) is 0.155. The van der Waals surface area contributed by atoms with Crippen LogP contribution in [0, 0.1) is 6.92 Å². The van der Waals surface area contributed by atoms with Crippen molar-refractivity contribution in [3.63, 3.8) is 0 Å². The maximum atomic E-state index is 3.66. The van der Waals surface area contributed by atoms with Crippen molar-refractivity contribution in [2.75, 3.05) is 0 Å². The van der Waals surface area contributed by atoms with E-state index in [1.807, 2.05) is 6.92 Å². The van der Waals surface area contributed by atoms with Crippen LogP contribution >= 0.6 is 0 Å². The highest BCUT2D eigenvalue weighted by Gasteiger charge is 2.24. The van der Waals surface area contributed by atoms with Crippen molar-refractivity contribution >= 4 is 0 Å². The van der Waals surface area contributed by atoms with Crippen molar-refractivity contribution in [1.29, 1.82) is 0 Å². The minimum atomic E-state index is 1.06. The first-order valence-electron chi connectivity index (χ1n) is 1.82. The summed E-state index contributed by atoms with van der Waals surface area (Å²) >= 11 is 0. The van der Waals surface area contributed by atoms with E-state index in [1.165, 1.54) is 5.69 Å². The second kappa shape index (κ2) is 0.397. The van der Waals surface area contributed by atoms with Crippen molar-refractivity contribution in [2.24, 2.45) is 0 Å². The maximum Gasteiger partial charge on any atom is 0.200 e. The number of hydrogen-bond acceptors (Lipinski definition) is 2. The van der Waals surface area contributed by atoms with E-state index in [2.05, 4.69) is 10.3 Å². The van der Waals surface area contributed by atoms with Gasteiger partial charge in [-0.15, -0.1) is 5.10 Å². The lowest BCUT2D eigenvalue weighted by Crippen LogP contribution is -1.92. The summed E-state index contributed by atoms with van der Waals surface area (Å²) in [5, 5.41) is 7.26. The molecule has 2 rings (SSSR count). The molecule has 0 saturated heterocycles. The van der Waals surface area contributed by atoms with E-state index in [0.717, 1.165) is 5.82 Å². The van der Waals surface area contributed by atoms with Crippen molar-refractivity contribution in [1.82, 2.24) is 15.0 Å². The van der Waals surface area contributed by atoms with Crippen LogP contribution in [-0.4, -0.2) is 15.0 Å². The van der Waals surface area contributed by atoms with Crippen molar-refractivity contribution in [2.45, 2.75) is 6.92 Å². The van der Waals surface area contributed by atoms with Gasteiger partial charge in [0.15, 0.2) is 0 Å². The molecule has 0 radical (unpaired) electrons. The first-order chi connectivity index (χ1) is 2.89. The van der Waals surface area contributed by atoms with E-state index in [4.69, 9.17) is 0 Å². The summed E-state index contributed by atoms with van der Waals surface area (Å²) in [5.41, 5.74) is 1.20. The average molecular weight is 81.1 g/mol. The van der Waals surface area contributed by atoms with Crippen LogP contribution < -0.4 is 0 Å². The molecular formula is C3H3N3. The van der Waals surface area contributed by atoms with Gasteiger partial charge in [0.2, 0.25) is 5.82 Å². The van der Waals surface area contributed by atoms with Gasteiger partial charge in [-0.1, -0.05) is 5.21 Å². The molecule has 3 nitrogen and oxygen atoms in total. The van der Waals surface area contributed by atoms with Gasteiger partial charge < -0.3 is 0 Å². The number of aromatic nitrogens is 3. The minimum Gasteiger partial charge on any atom is -0.193 e. The van der Waals surface area contributed by atoms with Gasteiger partial charge in [-0.05, 0) is 6.92 Å². The molecule has 0 fully saturated rings. The summed E-state index contributed by atoms with van der Waals surface area (Å²) in [4.78, 5) is 0. The molecule has 0 aromatic carbocycles. The standard InChI is InChI=1S/C3H3N3/c1-2-3-4-5-6(2)3/h1H3. The number of fused-ring (bicyclic) bond motifs is 1. The molecule has 2 aliphatic heterocycles. The van der Waals surface area contributed by atoms with Crippen LogP contribution in [0.4, 0.5) is 0 Å². The molecular weight excluding hydrogens is 78.1 g/mol. The third-order valence-electron chi connectivity index (χ3n) is 1.02. The van der Waals surface area contributed by atoms with Crippen LogP contribution in [0.3, 0.4) is 0 Å². The second-order valence-electron chi connectivity index (χ2n) is 1.41. The first kappa shape index (κ1) is 2.34. The van der Waals surface area contributed by atoms with Gasteiger partial charge in [-0.25, -0.2) is 0 Å². The third-order valence-corrected chi connectivity index (χ3v) is 1.02. The number of rotatable bonds is 0. The number of hydrogen-bond donors (Lipinski definition) is 0. The third kappa shape index (κ3) is 0.0719. The molecule has 0 bridgehead atoms. The van der Waals surface area contributed by atoms with Gasteiger partial charge in [0.1, 0.15) is 0 Å². The summed E-state index contributed by atoms with van der Waals surface area (Å²) < 4.78 is 1.81. The van der Waals surface area contributed by atoms with Gasteiger partial charge in [-0.3, -0.25) is 0 Å². The Balaban J connectivity index is 2.86. The summed E-state index contributed by atoms with van der Waals surface area (Å²) in [6.07, 6.45) is 0. The molecule has 0 N–H and O–H groups in total. The first-order valence-corrected chi connectivity index (χ1v) is 1.82. The Morgan fingerprint density at radius 1 is 1.67 bits per heavy atom. The van der Waals surface area contributed by atoms with E-state index in [1.54, 1.807) is 4.68 Å². The monoisotopic (exact) mass is 81.0 g/mol. The van der Waals surface area contributed by atoms with Crippen molar-refractivity contribution < 1.29 is 0 Å². The normalized spacial score (nSPS) is 12.2. The Morgan fingerprint density at radius 2 is 2.33 bits per heavy atom. The van der Waals surface area contributed by atoms with Crippen LogP contribution in [0.5, 0.6) is 0 Å². The molecule has 6 heavy (non-hydrogen) atoms. The molecule has 3 heteroatoms. The molecule has 0 aromatic heterocycles. The molecule has 0 atom stereocenters. The molecule has 0 aromatic rings. The zero-order valence-corrected chi connectivity index (χ0v) is 3.34. The Bertz CT molecular complexity index is 168. The predicted molar refractivity (Wildman–Crippen MR) is 19.7 cm³/mol. The summed E-state index contributed by atoms with van der Waals surface area (Å²) in [6, 6.07) is 0. The van der Waals surface area contributed by atoms with E-state index in [0.29, 0.717) is 0 Å². The molecule has 0 amide bonds. The molecule has 0 saturated carbocycles. The molecule has 30 valence electrons. The van der Waals surface area contributed by atoms with Crippen molar-refractivity contribution in [3.8, 4) is 5.82 Å². The minimum absolute atomic E-state index is 1.06. The van der Waals surface area contributed by atoms with Crippen LogP contribution in [0.2, 0.25) is 0 Å². The van der Waals surface area contributed by atoms with E-state index < -0.39 is 0 Å². The van der Waals surface area contributed by atoms with Gasteiger partial charge in [0.05, 0.1) is 5.69 Å². The SMILES string of the molecule is Cc1c2nnn1-2. The highest BCUT2D eigenvalue weighted by Crippen LogP contribution is 2.22. The summed E-state index contributed by atoms with van der Waals surface area (Å²) in [7, 11) is 0. The Morgan fingerprint density at radius 3 is 2.33 bits per heavy atom. The lowest BCUT2D eigenvalue weighted by molar-refractivity contribution is 0.734. The number of aryl methyl sites for hydroxylation is 1. The number of nitrogens with zero attached hydrogens (tertiary/aromatic N) is 3. The van der Waals surface area contributed by atoms with Gasteiger partial charge in [0, 0.05) is 0 Å². The smallest absolute Gasteiger partial charge is 0.193 e. The molecule has 2 aliphatic rings. The lowest BCUT2D eigenvalue weighted by atomic mass is 10.7. The van der Waals surface area contributed by atoms with Crippen LogP contribution in [0.15, 0.2) is 0 Å². The fraction of sp³-hybridized carbons (Fsp3) is 0.333. The van der Waals surface area contributed by atoms with Crippen LogP contribution in [0.25, 0.3) is 5.82 Å². The Labute approximate surface area is 34.6 Å². The zero-order valence-electron chi connectivity index (χ0n) is 3.34. The highest BCUT2D eigenvalue weighted by molar-refractivity contribution is 5.41. The lowest BCUT2D eigenvalue weighted by Gasteiger charge is -1.78. The van der Waals surface area contributed by atoms with Gasteiger partial charge in [0.25, 0.3) is 0 Å². The fourth-order valence-corrected chi connectivity index (χ4v) is 0.499. The van der Waals surface area contributed by atoms with Crippen LogP contribution in [0.1, 0.15) is 5.69 Å². The fourth-order valence-electron chi connectivity index (χ4n) is 0.499. The molecule has 0 spiro atoms. The zero-order chi connectivity index (χ0) is 4.15.